The number of carbonyl (C=O) groups excluding carboxylic acids is 1. The molecule has 0 fully saturated rings. The number of halogens is 1. The Morgan fingerprint density at radius 1 is 1.19 bits per heavy atom. The van der Waals surface area contributed by atoms with E-state index in [4.69, 9.17) is 16.3 Å². The van der Waals surface area contributed by atoms with Crippen LogP contribution in [0, 0.1) is 0 Å². The van der Waals surface area contributed by atoms with Gasteiger partial charge in [-0.25, -0.2) is 0 Å². The minimum atomic E-state index is -0.106. The lowest BCUT2D eigenvalue weighted by molar-refractivity contribution is -0.115. The molecule has 21 heavy (non-hydrogen) atoms. The lowest BCUT2D eigenvalue weighted by atomic mass is 10.2. The van der Waals surface area contributed by atoms with Crippen LogP contribution in [0.3, 0.4) is 0 Å². The molecule has 0 atom stereocenters. The molecule has 0 saturated heterocycles. The Bertz CT molecular complexity index is 599. The van der Waals surface area contributed by atoms with Crippen molar-refractivity contribution in [2.75, 3.05) is 19.0 Å². The lowest BCUT2D eigenvalue weighted by Crippen LogP contribution is -2.27. The molecule has 2 aromatic rings. The number of carbonyl (C=O) groups is 1. The van der Waals surface area contributed by atoms with Crippen molar-refractivity contribution in [3.8, 4) is 5.75 Å². The largest absolute Gasteiger partial charge is 0.497 e. The van der Waals surface area contributed by atoms with Gasteiger partial charge in [-0.1, -0.05) is 29.8 Å². The van der Waals surface area contributed by atoms with E-state index in [-0.39, 0.29) is 12.5 Å². The predicted octanol–water partition coefficient (Wildman–Crippen LogP) is 3.08. The molecule has 0 aliphatic rings. The molecule has 5 heteroatoms. The first-order valence-electron chi connectivity index (χ1n) is 6.56. The molecule has 0 unspecified atom stereocenters. The molecule has 0 spiro atoms. The first-order valence-corrected chi connectivity index (χ1v) is 6.94. The quantitative estimate of drug-likeness (QED) is 0.862. The minimum absolute atomic E-state index is 0.106. The second-order valence-corrected chi connectivity index (χ2v) is 4.95. The van der Waals surface area contributed by atoms with E-state index in [9.17, 15) is 4.79 Å². The highest BCUT2D eigenvalue weighted by molar-refractivity contribution is 6.30. The third kappa shape index (κ3) is 5.10. The van der Waals surface area contributed by atoms with Crippen LogP contribution in [0.15, 0.2) is 48.5 Å². The molecule has 2 aromatic carbocycles. The summed E-state index contributed by atoms with van der Waals surface area (Å²) in [6.45, 7) is 0.853. The van der Waals surface area contributed by atoms with Crippen molar-refractivity contribution >= 4 is 23.2 Å². The molecule has 0 aromatic heterocycles. The first-order chi connectivity index (χ1) is 10.2. The van der Waals surface area contributed by atoms with Gasteiger partial charge in [-0.05, 0) is 35.9 Å². The number of anilines is 1. The van der Waals surface area contributed by atoms with Crippen LogP contribution in [0.4, 0.5) is 5.69 Å². The minimum Gasteiger partial charge on any atom is -0.497 e. The smallest absolute Gasteiger partial charge is 0.238 e. The van der Waals surface area contributed by atoms with E-state index in [2.05, 4.69) is 10.6 Å². The van der Waals surface area contributed by atoms with Crippen LogP contribution in [0.25, 0.3) is 0 Å². The summed E-state index contributed by atoms with van der Waals surface area (Å²) in [5.41, 5.74) is 1.78. The number of methoxy groups -OCH3 is 1. The Balaban J connectivity index is 1.76. The summed E-state index contributed by atoms with van der Waals surface area (Å²) in [5, 5.41) is 6.47. The van der Waals surface area contributed by atoms with Gasteiger partial charge in [0.2, 0.25) is 5.91 Å². The summed E-state index contributed by atoms with van der Waals surface area (Å²) in [7, 11) is 1.63. The van der Waals surface area contributed by atoms with Crippen LogP contribution < -0.4 is 15.4 Å². The zero-order chi connectivity index (χ0) is 15.1. The van der Waals surface area contributed by atoms with Gasteiger partial charge < -0.3 is 15.4 Å². The van der Waals surface area contributed by atoms with Gasteiger partial charge in [0.1, 0.15) is 5.75 Å². The van der Waals surface area contributed by atoms with Crippen molar-refractivity contribution < 1.29 is 9.53 Å². The van der Waals surface area contributed by atoms with Crippen molar-refractivity contribution in [3.63, 3.8) is 0 Å². The molecular formula is C16H17ClN2O2. The standard InChI is InChI=1S/C16H17ClN2O2/c1-21-15-7-5-12(6-8-15)10-18-11-16(20)19-14-4-2-3-13(17)9-14/h2-9,18H,10-11H2,1H3,(H,19,20). The Hall–Kier alpha value is -2.04. The fraction of sp³-hybridized carbons (Fsp3) is 0.188. The summed E-state index contributed by atoms with van der Waals surface area (Å²) >= 11 is 5.86. The monoisotopic (exact) mass is 304 g/mol. The molecule has 110 valence electrons. The average Bonchev–Trinajstić information content (AvgIpc) is 2.48. The summed E-state index contributed by atoms with van der Waals surface area (Å²) in [5.74, 6) is 0.711. The van der Waals surface area contributed by atoms with E-state index < -0.39 is 0 Å². The van der Waals surface area contributed by atoms with Crippen LogP contribution in [0.5, 0.6) is 5.75 Å². The summed E-state index contributed by atoms with van der Waals surface area (Å²) < 4.78 is 5.09. The van der Waals surface area contributed by atoms with Crippen molar-refractivity contribution in [2.24, 2.45) is 0 Å². The highest BCUT2D eigenvalue weighted by atomic mass is 35.5. The maximum Gasteiger partial charge on any atom is 0.238 e. The van der Waals surface area contributed by atoms with E-state index in [1.54, 1.807) is 31.4 Å². The number of ether oxygens (including phenoxy) is 1. The molecule has 0 heterocycles. The Kier molecular flexibility index (Phi) is 5.60. The number of benzene rings is 2. The predicted molar refractivity (Wildman–Crippen MR) is 84.8 cm³/mol. The van der Waals surface area contributed by atoms with Gasteiger partial charge in [-0.15, -0.1) is 0 Å². The fourth-order valence-electron chi connectivity index (χ4n) is 1.84. The zero-order valence-electron chi connectivity index (χ0n) is 11.7. The lowest BCUT2D eigenvalue weighted by Gasteiger charge is -2.07. The van der Waals surface area contributed by atoms with Gasteiger partial charge in [-0.3, -0.25) is 4.79 Å². The fourth-order valence-corrected chi connectivity index (χ4v) is 2.03. The molecule has 0 aliphatic heterocycles. The van der Waals surface area contributed by atoms with Crippen LogP contribution in [-0.2, 0) is 11.3 Å². The normalized spacial score (nSPS) is 10.2. The zero-order valence-corrected chi connectivity index (χ0v) is 12.5. The van der Waals surface area contributed by atoms with Crippen LogP contribution in [0.2, 0.25) is 5.02 Å². The second-order valence-electron chi connectivity index (χ2n) is 4.51. The molecule has 2 N–H and O–H groups in total. The van der Waals surface area contributed by atoms with E-state index in [0.29, 0.717) is 17.3 Å². The average molecular weight is 305 g/mol. The number of amides is 1. The Labute approximate surface area is 129 Å². The topological polar surface area (TPSA) is 50.4 Å². The van der Waals surface area contributed by atoms with Crippen molar-refractivity contribution in [1.82, 2.24) is 5.32 Å². The van der Waals surface area contributed by atoms with Crippen LogP contribution in [-0.4, -0.2) is 19.6 Å². The van der Waals surface area contributed by atoms with E-state index >= 15 is 0 Å². The molecule has 0 saturated carbocycles. The molecule has 4 nitrogen and oxygen atoms in total. The van der Waals surface area contributed by atoms with Crippen molar-refractivity contribution in [3.05, 3.63) is 59.1 Å². The van der Waals surface area contributed by atoms with E-state index in [1.165, 1.54) is 0 Å². The molecule has 1 amide bonds. The van der Waals surface area contributed by atoms with Gasteiger partial charge >= 0.3 is 0 Å². The maximum atomic E-state index is 11.8. The molecule has 0 radical (unpaired) electrons. The van der Waals surface area contributed by atoms with E-state index in [0.717, 1.165) is 11.3 Å². The number of nitrogens with one attached hydrogen (secondary N) is 2. The molecule has 0 aliphatic carbocycles. The number of rotatable bonds is 6. The summed E-state index contributed by atoms with van der Waals surface area (Å²) in [6.07, 6.45) is 0. The number of hydrogen-bond donors (Lipinski definition) is 2. The number of hydrogen-bond acceptors (Lipinski definition) is 3. The maximum absolute atomic E-state index is 11.8. The molecule has 2 rings (SSSR count). The third-order valence-electron chi connectivity index (χ3n) is 2.88. The second kappa shape index (κ2) is 7.67. The van der Waals surface area contributed by atoms with Crippen molar-refractivity contribution in [1.29, 1.82) is 0 Å². The molecule has 0 bridgehead atoms. The molecular weight excluding hydrogens is 288 g/mol. The van der Waals surface area contributed by atoms with Crippen molar-refractivity contribution in [2.45, 2.75) is 6.54 Å². The highest BCUT2D eigenvalue weighted by Crippen LogP contribution is 2.14. The Morgan fingerprint density at radius 3 is 2.62 bits per heavy atom. The third-order valence-corrected chi connectivity index (χ3v) is 3.12. The Morgan fingerprint density at radius 2 is 1.95 bits per heavy atom. The summed E-state index contributed by atoms with van der Waals surface area (Å²) in [4.78, 5) is 11.8. The van der Waals surface area contributed by atoms with Gasteiger partial charge in [0.25, 0.3) is 0 Å². The van der Waals surface area contributed by atoms with Gasteiger partial charge in [-0.2, -0.15) is 0 Å². The van der Waals surface area contributed by atoms with Crippen LogP contribution in [0.1, 0.15) is 5.56 Å². The van der Waals surface area contributed by atoms with Gasteiger partial charge in [0, 0.05) is 17.3 Å². The highest BCUT2D eigenvalue weighted by Gasteiger charge is 2.02. The SMILES string of the molecule is COc1ccc(CNCC(=O)Nc2cccc(Cl)c2)cc1. The van der Waals surface area contributed by atoms with Crippen LogP contribution >= 0.6 is 11.6 Å². The van der Waals surface area contributed by atoms with Gasteiger partial charge in [0.05, 0.1) is 13.7 Å². The summed E-state index contributed by atoms with van der Waals surface area (Å²) in [6, 6.07) is 14.8. The van der Waals surface area contributed by atoms with E-state index in [1.807, 2.05) is 24.3 Å². The first kappa shape index (κ1) is 15.4. The van der Waals surface area contributed by atoms with Gasteiger partial charge in [0.15, 0.2) is 0 Å².